The monoisotopic (exact) mass is 478 g/mol. The molecular formula is C27H31ClN4O2. The Morgan fingerprint density at radius 3 is 2.71 bits per heavy atom. The number of pyridine rings is 1. The Morgan fingerprint density at radius 2 is 1.97 bits per heavy atom. The zero-order chi connectivity index (χ0) is 24.3. The molecule has 1 aliphatic rings. The van der Waals surface area contributed by atoms with Crippen molar-refractivity contribution in [1.29, 1.82) is 0 Å². The molecule has 1 aliphatic heterocycles. The van der Waals surface area contributed by atoms with Gasteiger partial charge in [0.05, 0.1) is 23.2 Å². The van der Waals surface area contributed by atoms with Gasteiger partial charge >= 0.3 is 5.97 Å². The zero-order valence-corrected chi connectivity index (χ0v) is 20.4. The molecule has 0 fully saturated rings. The van der Waals surface area contributed by atoms with Crippen LogP contribution in [0.5, 0.6) is 0 Å². The lowest BCUT2D eigenvalue weighted by molar-refractivity contribution is -0.142. The standard InChI is InChI=1S/C27H31ClN4O2/c1-17(20-14-19(11-12-21(20)28)27(2,3)26(33)34)15-31-24(18-8-5-4-6-9-18)23-16-30-22-10-7-13-29-25(22)32-23/h4-14,17,23-24,30-31H,15-16H2,1-3H3,(H,29,32)(H,33,34)/t17-,23+,24+/m0/s1. The molecule has 0 aliphatic carbocycles. The van der Waals surface area contributed by atoms with Gasteiger partial charge in [0.1, 0.15) is 5.82 Å². The summed E-state index contributed by atoms with van der Waals surface area (Å²) in [5, 5.41) is 21.1. The molecule has 0 spiro atoms. The topological polar surface area (TPSA) is 86.3 Å². The maximum absolute atomic E-state index is 11.8. The molecule has 3 atom stereocenters. The number of benzene rings is 2. The smallest absolute Gasteiger partial charge is 0.313 e. The third kappa shape index (κ3) is 5.03. The fourth-order valence-electron chi connectivity index (χ4n) is 4.31. The number of carboxylic acid groups (broad SMARTS) is 1. The van der Waals surface area contributed by atoms with Gasteiger partial charge in [-0.3, -0.25) is 4.79 Å². The molecule has 0 bridgehead atoms. The van der Waals surface area contributed by atoms with Crippen LogP contribution in [0.1, 0.15) is 49.4 Å². The molecule has 3 aromatic rings. The minimum absolute atomic E-state index is 0.0312. The molecular weight excluding hydrogens is 448 g/mol. The Bertz CT molecular complexity index is 1150. The lowest BCUT2D eigenvalue weighted by atomic mass is 9.83. The maximum Gasteiger partial charge on any atom is 0.313 e. The molecule has 178 valence electrons. The molecule has 0 amide bonds. The van der Waals surface area contributed by atoms with Crippen molar-refractivity contribution in [2.75, 3.05) is 23.7 Å². The van der Waals surface area contributed by atoms with Crippen LogP contribution in [-0.2, 0) is 10.2 Å². The largest absolute Gasteiger partial charge is 0.481 e. The SMILES string of the molecule is C[C@@H](CN[C@H](c1ccccc1)[C@H]1CNc2cccnc2N1)c1cc(C(C)(C)C(=O)O)ccc1Cl. The van der Waals surface area contributed by atoms with E-state index in [0.29, 0.717) is 11.6 Å². The number of hydrogen-bond donors (Lipinski definition) is 4. The van der Waals surface area contributed by atoms with Gasteiger partial charge in [0.2, 0.25) is 0 Å². The van der Waals surface area contributed by atoms with Gasteiger partial charge in [0.15, 0.2) is 0 Å². The molecule has 2 heterocycles. The van der Waals surface area contributed by atoms with E-state index in [1.54, 1.807) is 32.2 Å². The number of aromatic nitrogens is 1. The average Bonchev–Trinajstić information content (AvgIpc) is 2.84. The highest BCUT2D eigenvalue weighted by molar-refractivity contribution is 6.31. The van der Waals surface area contributed by atoms with Crippen molar-refractivity contribution >= 4 is 29.1 Å². The summed E-state index contributed by atoms with van der Waals surface area (Å²) < 4.78 is 0. The van der Waals surface area contributed by atoms with E-state index in [1.807, 2.05) is 36.4 Å². The van der Waals surface area contributed by atoms with Crippen molar-refractivity contribution in [3.63, 3.8) is 0 Å². The molecule has 34 heavy (non-hydrogen) atoms. The number of carboxylic acids is 1. The van der Waals surface area contributed by atoms with Crippen molar-refractivity contribution in [3.05, 3.63) is 88.6 Å². The predicted octanol–water partition coefficient (Wildman–Crippen LogP) is 5.44. The Morgan fingerprint density at radius 1 is 1.21 bits per heavy atom. The average molecular weight is 479 g/mol. The molecule has 1 aromatic heterocycles. The van der Waals surface area contributed by atoms with Crippen LogP contribution in [0.3, 0.4) is 0 Å². The van der Waals surface area contributed by atoms with Crippen molar-refractivity contribution in [3.8, 4) is 0 Å². The summed E-state index contributed by atoms with van der Waals surface area (Å²) in [6.07, 6.45) is 1.79. The van der Waals surface area contributed by atoms with Crippen LogP contribution in [-0.4, -0.2) is 35.2 Å². The van der Waals surface area contributed by atoms with Crippen LogP contribution in [0.2, 0.25) is 5.02 Å². The minimum Gasteiger partial charge on any atom is -0.481 e. The van der Waals surface area contributed by atoms with Gasteiger partial charge in [-0.15, -0.1) is 0 Å². The van der Waals surface area contributed by atoms with Crippen LogP contribution in [0.15, 0.2) is 66.9 Å². The Kier molecular flexibility index (Phi) is 7.10. The van der Waals surface area contributed by atoms with Gasteiger partial charge in [-0.2, -0.15) is 0 Å². The highest BCUT2D eigenvalue weighted by Crippen LogP contribution is 2.33. The first-order valence-electron chi connectivity index (χ1n) is 11.5. The second-order valence-electron chi connectivity index (χ2n) is 9.40. The number of carbonyl (C=O) groups is 1. The number of halogens is 1. The van der Waals surface area contributed by atoms with E-state index in [4.69, 9.17) is 11.6 Å². The maximum atomic E-state index is 11.8. The molecule has 2 aromatic carbocycles. The second-order valence-corrected chi connectivity index (χ2v) is 9.80. The van der Waals surface area contributed by atoms with Gasteiger partial charge < -0.3 is 21.1 Å². The van der Waals surface area contributed by atoms with Gasteiger partial charge in [-0.25, -0.2) is 4.98 Å². The predicted molar refractivity (Wildman–Crippen MR) is 138 cm³/mol. The quantitative estimate of drug-likeness (QED) is 0.345. The van der Waals surface area contributed by atoms with E-state index in [0.717, 1.165) is 29.2 Å². The number of rotatable bonds is 8. The summed E-state index contributed by atoms with van der Waals surface area (Å²) in [7, 11) is 0. The highest BCUT2D eigenvalue weighted by atomic mass is 35.5. The highest BCUT2D eigenvalue weighted by Gasteiger charge is 2.31. The summed E-state index contributed by atoms with van der Waals surface area (Å²) in [5.74, 6) is 0.0619. The molecule has 4 rings (SSSR count). The van der Waals surface area contributed by atoms with Crippen LogP contribution in [0.25, 0.3) is 0 Å². The molecule has 7 heteroatoms. The molecule has 4 N–H and O–H groups in total. The number of hydrogen-bond acceptors (Lipinski definition) is 5. The normalized spacial score (nSPS) is 17.1. The third-order valence-electron chi connectivity index (χ3n) is 6.63. The Labute approximate surface area is 205 Å². The number of anilines is 2. The van der Waals surface area contributed by atoms with E-state index in [1.165, 1.54) is 5.56 Å². The lowest BCUT2D eigenvalue weighted by Gasteiger charge is -2.35. The molecule has 0 unspecified atom stereocenters. The summed E-state index contributed by atoms with van der Waals surface area (Å²) in [6.45, 7) is 6.96. The molecule has 0 radical (unpaired) electrons. The first-order valence-corrected chi connectivity index (χ1v) is 11.9. The first kappa shape index (κ1) is 24.0. The van der Waals surface area contributed by atoms with Gasteiger partial charge in [-0.1, -0.05) is 61.0 Å². The summed E-state index contributed by atoms with van der Waals surface area (Å²) in [5.41, 5.74) is 2.88. The second kappa shape index (κ2) is 10.0. The van der Waals surface area contributed by atoms with Crippen molar-refractivity contribution in [1.82, 2.24) is 10.3 Å². The fraction of sp³-hybridized carbons (Fsp3) is 0.333. The molecule has 0 saturated heterocycles. The minimum atomic E-state index is -0.989. The summed E-state index contributed by atoms with van der Waals surface area (Å²) in [4.78, 5) is 16.2. The van der Waals surface area contributed by atoms with E-state index in [2.05, 4.69) is 40.0 Å². The number of nitrogens with zero attached hydrogens (tertiary/aromatic N) is 1. The lowest BCUT2D eigenvalue weighted by Crippen LogP contribution is -2.45. The molecule has 0 saturated carbocycles. The summed E-state index contributed by atoms with van der Waals surface area (Å²) in [6, 6.07) is 20.0. The fourth-order valence-corrected chi connectivity index (χ4v) is 4.61. The number of fused-ring (bicyclic) bond motifs is 1. The third-order valence-corrected chi connectivity index (χ3v) is 6.97. The van der Waals surface area contributed by atoms with E-state index < -0.39 is 11.4 Å². The number of aliphatic carboxylic acids is 1. The Hall–Kier alpha value is -3.09. The van der Waals surface area contributed by atoms with E-state index >= 15 is 0 Å². The van der Waals surface area contributed by atoms with Crippen LogP contribution in [0, 0.1) is 0 Å². The van der Waals surface area contributed by atoms with Gasteiger partial charge in [0.25, 0.3) is 0 Å². The van der Waals surface area contributed by atoms with E-state index in [-0.39, 0.29) is 18.0 Å². The molecule has 6 nitrogen and oxygen atoms in total. The van der Waals surface area contributed by atoms with Crippen LogP contribution < -0.4 is 16.0 Å². The van der Waals surface area contributed by atoms with Crippen LogP contribution in [0.4, 0.5) is 11.5 Å². The van der Waals surface area contributed by atoms with E-state index in [9.17, 15) is 9.90 Å². The summed E-state index contributed by atoms with van der Waals surface area (Å²) >= 11 is 6.55. The van der Waals surface area contributed by atoms with Gasteiger partial charge in [0, 0.05) is 24.3 Å². The first-order chi connectivity index (χ1) is 16.3. The van der Waals surface area contributed by atoms with Crippen molar-refractivity contribution in [2.24, 2.45) is 0 Å². The van der Waals surface area contributed by atoms with Crippen molar-refractivity contribution in [2.45, 2.75) is 44.2 Å². The van der Waals surface area contributed by atoms with Gasteiger partial charge in [-0.05, 0) is 54.7 Å². The Balaban J connectivity index is 1.55. The zero-order valence-electron chi connectivity index (χ0n) is 19.7. The van der Waals surface area contributed by atoms with Crippen LogP contribution >= 0.6 is 11.6 Å². The van der Waals surface area contributed by atoms with Crippen molar-refractivity contribution < 1.29 is 9.90 Å². The number of nitrogens with one attached hydrogen (secondary N) is 3.